The number of esters is 1. The van der Waals surface area contributed by atoms with E-state index in [0.29, 0.717) is 11.3 Å². The van der Waals surface area contributed by atoms with Crippen LogP contribution in [0.4, 0.5) is 5.69 Å². The number of carbonyl (C=O) groups is 3. The maximum Gasteiger partial charge on any atom is 0.326 e. The second-order valence-corrected chi connectivity index (χ2v) is 8.14. The number of ether oxygens (including phenoxy) is 1. The quantitative estimate of drug-likeness (QED) is 0.654. The molecule has 1 aliphatic carbocycles. The van der Waals surface area contributed by atoms with E-state index in [4.69, 9.17) is 4.74 Å². The number of hydrogen-bond donors (Lipinski definition) is 2. The Balaban J connectivity index is 1.66. The topological polar surface area (TPSA) is 84.5 Å². The van der Waals surface area contributed by atoms with Gasteiger partial charge in [0.2, 0.25) is 12.0 Å². The van der Waals surface area contributed by atoms with Crippen molar-refractivity contribution in [3.8, 4) is 0 Å². The molecule has 2 aromatic rings. The summed E-state index contributed by atoms with van der Waals surface area (Å²) in [6.45, 7) is 3.59. The molecule has 3 rings (SSSR count). The van der Waals surface area contributed by atoms with Gasteiger partial charge in [0.05, 0.1) is 0 Å². The number of hydrogen-bond acceptors (Lipinski definition) is 4. The summed E-state index contributed by atoms with van der Waals surface area (Å²) in [6.07, 6.45) is 3.83. The first kappa shape index (κ1) is 22.5. The minimum atomic E-state index is -1.11. The van der Waals surface area contributed by atoms with E-state index < -0.39 is 18.0 Å². The number of amides is 2. The molecule has 1 atom stereocenters. The van der Waals surface area contributed by atoms with Gasteiger partial charge in [-0.25, -0.2) is 0 Å². The van der Waals surface area contributed by atoms with E-state index in [1.807, 2.05) is 38.1 Å². The van der Waals surface area contributed by atoms with E-state index in [9.17, 15) is 14.4 Å². The van der Waals surface area contributed by atoms with Gasteiger partial charge in [0.15, 0.2) is 0 Å². The molecule has 0 saturated heterocycles. The summed E-state index contributed by atoms with van der Waals surface area (Å²) >= 11 is 0. The largest absolute Gasteiger partial charge is 0.446 e. The Morgan fingerprint density at radius 2 is 1.71 bits per heavy atom. The van der Waals surface area contributed by atoms with E-state index in [1.54, 1.807) is 24.3 Å². The summed E-state index contributed by atoms with van der Waals surface area (Å²) < 4.78 is 5.51. The first-order chi connectivity index (χ1) is 14.9. The van der Waals surface area contributed by atoms with E-state index in [1.165, 1.54) is 0 Å². The molecule has 0 spiro atoms. The second kappa shape index (κ2) is 10.8. The number of anilines is 1. The van der Waals surface area contributed by atoms with Crippen LogP contribution in [-0.2, 0) is 19.1 Å². The summed E-state index contributed by atoms with van der Waals surface area (Å²) in [5.74, 6) is -1.24. The van der Waals surface area contributed by atoms with Crippen LogP contribution in [-0.4, -0.2) is 24.3 Å². The second-order valence-electron chi connectivity index (χ2n) is 8.14. The SMILES string of the molecule is Cc1ccc(C)c(NC(=O)[C@H](OC(=O)CNC(=O)C2CCCCC2)c2ccccc2)c1. The predicted molar refractivity (Wildman–Crippen MR) is 119 cm³/mol. The Hall–Kier alpha value is -3.15. The minimum Gasteiger partial charge on any atom is -0.446 e. The van der Waals surface area contributed by atoms with Crippen LogP contribution in [0.1, 0.15) is 54.9 Å². The predicted octanol–water partition coefficient (Wildman–Crippen LogP) is 4.22. The fourth-order valence-electron chi connectivity index (χ4n) is 3.81. The molecular weight excluding hydrogens is 392 g/mol. The molecule has 0 aromatic heterocycles. The Kier molecular flexibility index (Phi) is 7.82. The maximum absolute atomic E-state index is 13.0. The van der Waals surface area contributed by atoms with Gasteiger partial charge in [-0.1, -0.05) is 61.7 Å². The van der Waals surface area contributed by atoms with Crippen LogP contribution >= 0.6 is 0 Å². The highest BCUT2D eigenvalue weighted by atomic mass is 16.5. The number of aryl methyl sites for hydroxylation is 2. The lowest BCUT2D eigenvalue weighted by molar-refractivity contribution is -0.154. The highest BCUT2D eigenvalue weighted by Crippen LogP contribution is 2.24. The van der Waals surface area contributed by atoms with Gasteiger partial charge in [0, 0.05) is 17.2 Å². The molecule has 1 aliphatic rings. The van der Waals surface area contributed by atoms with Gasteiger partial charge in [-0.15, -0.1) is 0 Å². The Morgan fingerprint density at radius 1 is 1.00 bits per heavy atom. The van der Waals surface area contributed by atoms with Crippen LogP contribution in [0.5, 0.6) is 0 Å². The first-order valence-electron chi connectivity index (χ1n) is 10.8. The van der Waals surface area contributed by atoms with Gasteiger partial charge in [-0.05, 0) is 43.9 Å². The first-order valence-corrected chi connectivity index (χ1v) is 10.8. The van der Waals surface area contributed by atoms with Gasteiger partial charge in [-0.3, -0.25) is 14.4 Å². The van der Waals surface area contributed by atoms with Crippen molar-refractivity contribution in [3.05, 3.63) is 65.2 Å². The van der Waals surface area contributed by atoms with E-state index >= 15 is 0 Å². The van der Waals surface area contributed by atoms with Crippen LogP contribution in [0, 0.1) is 19.8 Å². The summed E-state index contributed by atoms with van der Waals surface area (Å²) in [5.41, 5.74) is 3.17. The number of nitrogens with one attached hydrogen (secondary N) is 2. The summed E-state index contributed by atoms with van der Waals surface area (Å²) in [7, 11) is 0. The molecule has 164 valence electrons. The zero-order chi connectivity index (χ0) is 22.2. The van der Waals surface area contributed by atoms with Gasteiger partial charge in [0.25, 0.3) is 5.91 Å². The fourth-order valence-corrected chi connectivity index (χ4v) is 3.81. The molecular formula is C25H30N2O4. The van der Waals surface area contributed by atoms with Gasteiger partial charge >= 0.3 is 5.97 Å². The van der Waals surface area contributed by atoms with Crippen molar-refractivity contribution in [2.45, 2.75) is 52.1 Å². The van der Waals surface area contributed by atoms with Crippen molar-refractivity contribution in [1.29, 1.82) is 0 Å². The molecule has 0 radical (unpaired) electrons. The van der Waals surface area contributed by atoms with E-state index in [-0.39, 0.29) is 18.4 Å². The molecule has 2 N–H and O–H groups in total. The molecule has 31 heavy (non-hydrogen) atoms. The van der Waals surface area contributed by atoms with Crippen LogP contribution in [0.2, 0.25) is 0 Å². The number of carbonyl (C=O) groups excluding carboxylic acids is 3. The lowest BCUT2D eigenvalue weighted by atomic mass is 9.89. The molecule has 1 saturated carbocycles. The van der Waals surface area contributed by atoms with Crippen LogP contribution in [0.15, 0.2) is 48.5 Å². The highest BCUT2D eigenvalue weighted by Gasteiger charge is 2.27. The van der Waals surface area contributed by atoms with Crippen molar-refractivity contribution in [1.82, 2.24) is 5.32 Å². The zero-order valence-corrected chi connectivity index (χ0v) is 18.1. The Labute approximate surface area is 183 Å². The van der Waals surface area contributed by atoms with Gasteiger partial charge < -0.3 is 15.4 Å². The zero-order valence-electron chi connectivity index (χ0n) is 18.1. The van der Waals surface area contributed by atoms with Gasteiger partial charge in [-0.2, -0.15) is 0 Å². The summed E-state index contributed by atoms with van der Waals surface area (Å²) in [6, 6.07) is 14.6. The third kappa shape index (κ3) is 6.41. The molecule has 0 bridgehead atoms. The van der Waals surface area contributed by atoms with Crippen molar-refractivity contribution in [2.75, 3.05) is 11.9 Å². The Bertz CT molecular complexity index is 920. The number of rotatable bonds is 7. The van der Waals surface area contributed by atoms with Crippen LogP contribution in [0.3, 0.4) is 0 Å². The molecule has 6 nitrogen and oxygen atoms in total. The van der Waals surface area contributed by atoms with Crippen molar-refractivity contribution in [3.63, 3.8) is 0 Å². The average molecular weight is 423 g/mol. The molecule has 0 heterocycles. The highest BCUT2D eigenvalue weighted by molar-refractivity contribution is 5.97. The third-order valence-corrected chi connectivity index (χ3v) is 5.62. The van der Waals surface area contributed by atoms with E-state index in [2.05, 4.69) is 10.6 Å². The van der Waals surface area contributed by atoms with E-state index in [0.717, 1.165) is 43.2 Å². The molecule has 2 amide bonds. The van der Waals surface area contributed by atoms with Gasteiger partial charge in [0.1, 0.15) is 6.54 Å². The fraction of sp³-hybridized carbons (Fsp3) is 0.400. The maximum atomic E-state index is 13.0. The van der Waals surface area contributed by atoms with Crippen molar-refractivity contribution < 1.29 is 19.1 Å². The normalized spacial score (nSPS) is 15.0. The average Bonchev–Trinajstić information content (AvgIpc) is 2.79. The standard InChI is InChI=1S/C25H30N2O4/c1-17-13-14-18(2)21(15-17)27-25(30)23(19-9-5-3-6-10-19)31-22(28)16-26-24(29)20-11-7-4-8-12-20/h3,5-6,9-10,13-15,20,23H,4,7-8,11-12,16H2,1-2H3,(H,26,29)(H,27,30)/t23-/m1/s1. The van der Waals surface area contributed by atoms with Crippen molar-refractivity contribution in [2.24, 2.45) is 5.92 Å². The monoisotopic (exact) mass is 422 g/mol. The molecule has 2 aromatic carbocycles. The third-order valence-electron chi connectivity index (χ3n) is 5.62. The lowest BCUT2D eigenvalue weighted by Crippen LogP contribution is -2.37. The molecule has 1 fully saturated rings. The van der Waals surface area contributed by atoms with Crippen molar-refractivity contribution >= 4 is 23.5 Å². The molecule has 0 unspecified atom stereocenters. The smallest absolute Gasteiger partial charge is 0.326 e. The summed E-state index contributed by atoms with van der Waals surface area (Å²) in [5, 5.41) is 5.54. The molecule has 0 aliphatic heterocycles. The minimum absolute atomic E-state index is 0.0425. The molecule has 6 heteroatoms. The number of benzene rings is 2. The lowest BCUT2D eigenvalue weighted by Gasteiger charge is -2.21. The van der Waals surface area contributed by atoms with Crippen LogP contribution in [0.25, 0.3) is 0 Å². The summed E-state index contributed by atoms with van der Waals surface area (Å²) in [4.78, 5) is 37.8. The van der Waals surface area contributed by atoms with Crippen LogP contribution < -0.4 is 10.6 Å². The Morgan fingerprint density at radius 3 is 2.42 bits per heavy atom.